The van der Waals surface area contributed by atoms with Crippen LogP contribution in [0.1, 0.15) is 49.9 Å². The number of hydrogen-bond acceptors (Lipinski definition) is 11. The van der Waals surface area contributed by atoms with Gasteiger partial charge in [-0.2, -0.15) is 0 Å². The molecule has 0 aliphatic heterocycles. The van der Waals surface area contributed by atoms with E-state index in [4.69, 9.17) is 48.2 Å². The molecule has 0 aromatic carbocycles. The van der Waals surface area contributed by atoms with Crippen LogP contribution in [0.25, 0.3) is 0 Å². The molecule has 2 aromatic rings. The highest BCUT2D eigenvalue weighted by Crippen LogP contribution is 2.04. The molecule has 0 saturated heterocycles. The van der Waals surface area contributed by atoms with E-state index in [-0.39, 0.29) is 29.8 Å². The molecule has 19 nitrogen and oxygen atoms in total. The van der Waals surface area contributed by atoms with Gasteiger partial charge in [-0.3, -0.25) is 9.59 Å². The number of nitrogens with one attached hydrogen (secondary N) is 4. The van der Waals surface area contributed by atoms with Crippen molar-refractivity contribution in [1.82, 2.24) is 30.6 Å². The molecule has 0 unspecified atom stereocenters. The van der Waals surface area contributed by atoms with Gasteiger partial charge in [0.1, 0.15) is 12.1 Å². The number of carbonyl (C=O) groups excluding carboxylic acids is 2. The summed E-state index contributed by atoms with van der Waals surface area (Å²) in [6.07, 6.45) is 8.27. The number of amides is 2. The van der Waals surface area contributed by atoms with Gasteiger partial charge in [0.2, 0.25) is 11.8 Å². The second-order valence-corrected chi connectivity index (χ2v) is 9.43. The van der Waals surface area contributed by atoms with E-state index in [0.717, 1.165) is 24.2 Å². The largest absolute Gasteiger partial charge is 0.503 e. The molecular weight excluding hydrogens is 664 g/mol. The normalized spacial score (nSPS) is 12.7. The molecule has 16 N–H and O–H groups in total. The van der Waals surface area contributed by atoms with Crippen LogP contribution in [0.3, 0.4) is 0 Å². The summed E-state index contributed by atoms with van der Waals surface area (Å²) in [5, 5.41) is 37.0. The number of aromatic amines is 2. The fraction of sp³-hybridized carbons (Fsp3) is 0.560. The number of aromatic nitrogens is 4. The number of nitrogens with two attached hydrogens (primary N) is 4. The number of imidazole rings is 2. The Morgan fingerprint density at radius 2 is 1.02 bits per heavy atom. The summed E-state index contributed by atoms with van der Waals surface area (Å²) in [6.45, 7) is 0.999. The molecule has 2 heterocycles. The molecule has 0 spiro atoms. The van der Waals surface area contributed by atoms with Gasteiger partial charge in [0.25, 0.3) is 0 Å². The molecule has 0 bridgehead atoms. The Labute approximate surface area is 269 Å². The van der Waals surface area contributed by atoms with Crippen molar-refractivity contribution >= 4 is 46.9 Å². The number of carboxylic acid groups (broad SMARTS) is 4. The molecule has 0 saturated carbocycles. The smallest absolute Gasteiger partial charge is 0.480 e. The third-order valence-corrected chi connectivity index (χ3v) is 5.79. The Bertz CT molecular complexity index is 1020. The molecule has 20 heteroatoms. The van der Waals surface area contributed by atoms with E-state index in [0.29, 0.717) is 38.8 Å². The van der Waals surface area contributed by atoms with Gasteiger partial charge in [0.05, 0.1) is 24.7 Å². The lowest BCUT2D eigenvalue weighted by molar-refractivity contribution is -0.142. The summed E-state index contributed by atoms with van der Waals surface area (Å²) in [7, 11) is 0. The minimum atomic E-state index is -1.83. The summed E-state index contributed by atoms with van der Waals surface area (Å²) in [4.78, 5) is 67.7. The van der Waals surface area contributed by atoms with E-state index in [1.807, 2.05) is 0 Å². The number of rotatable bonds is 18. The summed E-state index contributed by atoms with van der Waals surface area (Å²) < 4.78 is 0. The Hall–Kier alpha value is -4.11. The molecule has 4 atom stereocenters. The number of unbranched alkanes of at least 4 members (excludes halogenated alkanes) is 2. The summed E-state index contributed by atoms with van der Waals surface area (Å²) in [6, 6.07) is -3.48. The van der Waals surface area contributed by atoms with Gasteiger partial charge in [0, 0.05) is 36.6 Å². The fourth-order valence-electron chi connectivity index (χ4n) is 3.51. The monoisotopic (exact) mass is 708 g/mol. The minimum Gasteiger partial charge on any atom is -0.480 e. The van der Waals surface area contributed by atoms with Crippen LogP contribution in [-0.4, -0.2) is 108 Å². The van der Waals surface area contributed by atoms with Crippen LogP contribution in [0.4, 0.5) is 4.79 Å². The molecule has 2 amide bonds. The lowest BCUT2D eigenvalue weighted by Gasteiger charge is -2.17. The number of hydrogen-bond donors (Lipinski definition) is 12. The average Bonchev–Trinajstić information content (AvgIpc) is 3.66. The summed E-state index contributed by atoms with van der Waals surface area (Å²) in [5.74, 6) is -3.10. The van der Waals surface area contributed by atoms with E-state index < -0.39 is 54.1 Å². The first-order chi connectivity index (χ1) is 20.8. The van der Waals surface area contributed by atoms with Gasteiger partial charge in [-0.15, -0.1) is 17.0 Å². The first kappa shape index (κ1) is 43.0. The number of halogens is 1. The third-order valence-electron chi connectivity index (χ3n) is 5.79. The van der Waals surface area contributed by atoms with Crippen LogP contribution in [0.2, 0.25) is 0 Å². The van der Waals surface area contributed by atoms with Gasteiger partial charge in [-0.05, 0) is 51.6 Å². The number of aliphatic carboxylic acids is 2. The van der Waals surface area contributed by atoms with Gasteiger partial charge in [0.15, 0.2) is 0 Å². The highest BCUT2D eigenvalue weighted by atomic mass is 79.9. The zero-order valence-electron chi connectivity index (χ0n) is 24.6. The summed E-state index contributed by atoms with van der Waals surface area (Å²) in [5.41, 5.74) is 23.6. The second-order valence-electron chi connectivity index (χ2n) is 9.43. The van der Waals surface area contributed by atoms with Gasteiger partial charge in [-0.25, -0.2) is 24.4 Å². The van der Waals surface area contributed by atoms with Crippen molar-refractivity contribution in [2.24, 2.45) is 22.9 Å². The SMILES string of the molecule is Br.NCCCC[C@H](NC(=O)[C@@H](N)Cc1cnc[nH]1)C(=O)O.NCCCC[C@H](NC(=O)[C@@H](N)Cc1cnc[nH]1)C(=O)O.O=C(O)O. The molecule has 0 radical (unpaired) electrons. The molecular formula is C25H45BrN10O9. The number of nitrogens with zero attached hydrogens (tertiary/aromatic N) is 2. The van der Waals surface area contributed by atoms with Crippen molar-refractivity contribution in [2.45, 2.75) is 75.5 Å². The maximum Gasteiger partial charge on any atom is 0.503 e. The summed E-state index contributed by atoms with van der Waals surface area (Å²) >= 11 is 0. The van der Waals surface area contributed by atoms with Crippen molar-refractivity contribution in [3.05, 3.63) is 36.4 Å². The van der Waals surface area contributed by atoms with Crippen LogP contribution >= 0.6 is 17.0 Å². The zero-order valence-corrected chi connectivity index (χ0v) is 26.3. The van der Waals surface area contributed by atoms with Crippen LogP contribution < -0.4 is 33.6 Å². The van der Waals surface area contributed by atoms with Crippen molar-refractivity contribution < 1.29 is 44.4 Å². The average molecular weight is 710 g/mol. The zero-order chi connectivity index (χ0) is 33.5. The van der Waals surface area contributed by atoms with E-state index in [1.165, 1.54) is 12.7 Å². The number of carboxylic acids is 2. The lowest BCUT2D eigenvalue weighted by Crippen LogP contribution is -2.49. The number of H-pyrrole nitrogens is 2. The molecule has 2 rings (SSSR count). The van der Waals surface area contributed by atoms with Crippen LogP contribution in [0.5, 0.6) is 0 Å². The highest BCUT2D eigenvalue weighted by Gasteiger charge is 2.24. The topological polar surface area (TPSA) is 352 Å². The lowest BCUT2D eigenvalue weighted by atomic mass is 10.1. The molecule has 0 aliphatic carbocycles. The van der Waals surface area contributed by atoms with Crippen molar-refractivity contribution in [1.29, 1.82) is 0 Å². The molecule has 0 aliphatic rings. The maximum absolute atomic E-state index is 11.9. The van der Waals surface area contributed by atoms with Crippen molar-refractivity contribution in [2.75, 3.05) is 13.1 Å². The Kier molecular flexibility index (Phi) is 24.1. The first-order valence-electron chi connectivity index (χ1n) is 13.7. The predicted molar refractivity (Wildman–Crippen MR) is 166 cm³/mol. The van der Waals surface area contributed by atoms with Crippen LogP contribution in [0, 0.1) is 0 Å². The van der Waals surface area contributed by atoms with Crippen molar-refractivity contribution in [3.8, 4) is 0 Å². The quantitative estimate of drug-likeness (QED) is 0.0805. The molecule has 2 aromatic heterocycles. The Morgan fingerprint density at radius 3 is 1.27 bits per heavy atom. The van der Waals surface area contributed by atoms with E-state index in [1.54, 1.807) is 12.4 Å². The van der Waals surface area contributed by atoms with Gasteiger partial charge >= 0.3 is 18.1 Å². The fourth-order valence-corrected chi connectivity index (χ4v) is 3.51. The van der Waals surface area contributed by atoms with E-state index >= 15 is 0 Å². The van der Waals surface area contributed by atoms with Crippen molar-refractivity contribution in [3.63, 3.8) is 0 Å². The minimum absolute atomic E-state index is 0. The van der Waals surface area contributed by atoms with Gasteiger partial charge in [-0.1, -0.05) is 0 Å². The highest BCUT2D eigenvalue weighted by molar-refractivity contribution is 8.93. The second kappa shape index (κ2) is 25.2. The van der Waals surface area contributed by atoms with E-state index in [9.17, 15) is 19.2 Å². The molecule has 0 fully saturated rings. The Morgan fingerprint density at radius 1 is 0.689 bits per heavy atom. The molecule has 256 valence electrons. The van der Waals surface area contributed by atoms with E-state index in [2.05, 4.69) is 30.6 Å². The Balaban J connectivity index is 0. The predicted octanol–water partition coefficient (Wildman–Crippen LogP) is -1.24. The standard InChI is InChI=1S/2C12H21N5O3.CH2O3.BrH/c2*13-4-2-1-3-10(12(19)20)17-11(18)9(14)5-8-6-15-7-16-8;2-1(3)4;/h2*6-7,9-10H,1-5,13-14H2,(H,15,16)(H,17,18)(H,19,20);(H2,2,3,4);1H/t2*9-,10-;;/m00../s1. The van der Waals surface area contributed by atoms with Gasteiger partial charge < -0.3 is 64.0 Å². The third kappa shape index (κ3) is 21.3. The number of carbonyl (C=O) groups is 5. The van der Waals surface area contributed by atoms with Crippen LogP contribution in [0.15, 0.2) is 25.0 Å². The maximum atomic E-state index is 11.9. The first-order valence-corrected chi connectivity index (χ1v) is 13.7. The van der Waals surface area contributed by atoms with Crippen LogP contribution in [-0.2, 0) is 32.0 Å². The molecule has 45 heavy (non-hydrogen) atoms.